The highest BCUT2D eigenvalue weighted by molar-refractivity contribution is 5.84. The van der Waals surface area contributed by atoms with Gasteiger partial charge in [-0.3, -0.25) is 4.79 Å². The third-order valence-electron chi connectivity index (χ3n) is 4.33. The van der Waals surface area contributed by atoms with Crippen LogP contribution in [0.1, 0.15) is 51.1 Å². The molecule has 0 aliphatic heterocycles. The van der Waals surface area contributed by atoms with Gasteiger partial charge in [0.2, 0.25) is 12.2 Å². The van der Waals surface area contributed by atoms with Crippen molar-refractivity contribution in [2.45, 2.75) is 70.3 Å². The molecule has 1 unspecified atom stereocenters. The minimum Gasteiger partial charge on any atom is -0.431 e. The normalized spacial score (nSPS) is 16.6. The molecule has 1 saturated carbocycles. The minimum atomic E-state index is -1.15. The average Bonchev–Trinajstić information content (AvgIpc) is 3.15. The number of ether oxygens (including phenoxy) is 3. The molecule has 28 heavy (non-hydrogen) atoms. The Hall–Kier alpha value is -2.62. The summed E-state index contributed by atoms with van der Waals surface area (Å²) >= 11 is 0. The van der Waals surface area contributed by atoms with E-state index in [9.17, 15) is 14.4 Å². The van der Waals surface area contributed by atoms with Crippen molar-refractivity contribution < 1.29 is 28.6 Å². The number of carbonyl (C=O) groups is 3. The summed E-state index contributed by atoms with van der Waals surface area (Å²) in [5, 5.41) is 2.57. The van der Waals surface area contributed by atoms with Crippen LogP contribution in [-0.4, -0.2) is 53.0 Å². The Morgan fingerprint density at radius 3 is 2.68 bits per heavy atom. The number of imidazole rings is 1. The van der Waals surface area contributed by atoms with Crippen molar-refractivity contribution >= 4 is 18.0 Å². The van der Waals surface area contributed by atoms with E-state index >= 15 is 0 Å². The van der Waals surface area contributed by atoms with Gasteiger partial charge in [-0.15, -0.1) is 0 Å². The van der Waals surface area contributed by atoms with Crippen LogP contribution in [0.5, 0.6) is 0 Å². The number of aromatic nitrogens is 2. The molecule has 2 rings (SSSR count). The molecule has 4 N–H and O–H groups in total. The summed E-state index contributed by atoms with van der Waals surface area (Å²) in [5.74, 6) is -1.12. The number of nitrogens with zero attached hydrogens (tertiary/aromatic N) is 1. The van der Waals surface area contributed by atoms with E-state index in [4.69, 9.17) is 19.9 Å². The van der Waals surface area contributed by atoms with E-state index in [-0.39, 0.29) is 31.4 Å². The van der Waals surface area contributed by atoms with Gasteiger partial charge in [-0.25, -0.2) is 14.6 Å². The average molecular weight is 396 g/mol. The second kappa shape index (κ2) is 11.3. The van der Waals surface area contributed by atoms with Gasteiger partial charge in [0.05, 0.1) is 6.33 Å². The third-order valence-corrected chi connectivity index (χ3v) is 4.33. The van der Waals surface area contributed by atoms with Gasteiger partial charge >= 0.3 is 12.1 Å². The van der Waals surface area contributed by atoms with Crippen molar-refractivity contribution in [3.05, 3.63) is 18.2 Å². The van der Waals surface area contributed by atoms with Crippen molar-refractivity contribution in [1.82, 2.24) is 15.3 Å². The van der Waals surface area contributed by atoms with Crippen molar-refractivity contribution in [1.29, 1.82) is 0 Å². The smallest absolute Gasteiger partial charge is 0.431 e. The maximum Gasteiger partial charge on any atom is 0.511 e. The fourth-order valence-electron chi connectivity index (χ4n) is 2.96. The topological polar surface area (TPSA) is 146 Å². The predicted molar refractivity (Wildman–Crippen MR) is 97.9 cm³/mol. The molecule has 1 aliphatic carbocycles. The molecule has 0 saturated heterocycles. The van der Waals surface area contributed by atoms with Gasteiger partial charge in [0.15, 0.2) is 0 Å². The Balaban J connectivity index is 1.85. The van der Waals surface area contributed by atoms with Gasteiger partial charge in [-0.05, 0) is 25.7 Å². The van der Waals surface area contributed by atoms with E-state index in [0.29, 0.717) is 5.69 Å². The first-order chi connectivity index (χ1) is 13.5. The summed E-state index contributed by atoms with van der Waals surface area (Å²) in [6.07, 6.45) is 5.82. The molecule has 0 radical (unpaired) electrons. The van der Waals surface area contributed by atoms with Crippen LogP contribution >= 0.6 is 0 Å². The summed E-state index contributed by atoms with van der Waals surface area (Å²) in [6.45, 7) is 1.57. The fraction of sp³-hybridized carbons (Fsp3) is 0.667. The molecule has 1 aromatic rings. The van der Waals surface area contributed by atoms with Crippen molar-refractivity contribution in [3.8, 4) is 0 Å². The molecular weight excluding hydrogens is 368 g/mol. The Kier molecular flexibility index (Phi) is 8.73. The maximum absolute atomic E-state index is 12.5. The second-order valence-electron chi connectivity index (χ2n) is 6.69. The highest BCUT2D eigenvalue weighted by Crippen LogP contribution is 2.20. The highest BCUT2D eigenvalue weighted by atomic mass is 16.8. The standard InChI is InChI=1S/C18H28N4O6/c1-12(27-18(25)28-14-5-3-2-4-6-14)26-17(24)15(22-16(23)7-8-19)9-13-10-20-11-21-13/h10-12,14-15H,2-9,19H2,1H3,(H,20,21)(H,22,23)/t12?,15-/m0/s1. The monoisotopic (exact) mass is 396 g/mol. The van der Waals surface area contributed by atoms with Gasteiger partial charge < -0.3 is 30.2 Å². The van der Waals surface area contributed by atoms with E-state index in [2.05, 4.69) is 15.3 Å². The van der Waals surface area contributed by atoms with Crippen molar-refractivity contribution in [3.63, 3.8) is 0 Å². The quantitative estimate of drug-likeness (QED) is 0.416. The number of nitrogens with two attached hydrogens (primary N) is 1. The van der Waals surface area contributed by atoms with Crippen LogP contribution in [0.2, 0.25) is 0 Å². The number of carbonyl (C=O) groups excluding carboxylic acids is 3. The third kappa shape index (κ3) is 7.55. The zero-order valence-electron chi connectivity index (χ0n) is 16.0. The molecule has 1 aliphatic rings. The summed E-state index contributed by atoms with van der Waals surface area (Å²) in [6, 6.07) is -0.972. The SMILES string of the molecule is CC(OC(=O)OC1CCCCC1)OC(=O)[C@H](Cc1cnc[nH]1)NC(=O)CCN. The Morgan fingerprint density at radius 1 is 1.29 bits per heavy atom. The summed E-state index contributed by atoms with van der Waals surface area (Å²) < 4.78 is 15.4. The van der Waals surface area contributed by atoms with E-state index in [0.717, 1.165) is 32.1 Å². The zero-order valence-corrected chi connectivity index (χ0v) is 16.0. The Morgan fingerprint density at radius 2 is 2.04 bits per heavy atom. The first-order valence-electron chi connectivity index (χ1n) is 9.52. The number of rotatable bonds is 9. The van der Waals surface area contributed by atoms with Crippen LogP contribution in [0.4, 0.5) is 4.79 Å². The molecule has 0 bridgehead atoms. The lowest BCUT2D eigenvalue weighted by atomic mass is 9.98. The number of nitrogens with one attached hydrogen (secondary N) is 2. The first-order valence-corrected chi connectivity index (χ1v) is 9.52. The number of esters is 1. The molecule has 1 heterocycles. The largest absolute Gasteiger partial charge is 0.511 e. The molecule has 0 spiro atoms. The molecule has 10 heteroatoms. The first kappa shape index (κ1) is 21.7. The number of aromatic amines is 1. The second-order valence-corrected chi connectivity index (χ2v) is 6.69. The predicted octanol–water partition coefficient (Wildman–Crippen LogP) is 1.16. The van der Waals surface area contributed by atoms with Gasteiger partial charge in [-0.2, -0.15) is 0 Å². The summed E-state index contributed by atoms with van der Waals surface area (Å²) in [4.78, 5) is 42.9. The molecule has 156 valence electrons. The van der Waals surface area contributed by atoms with E-state index in [1.807, 2.05) is 0 Å². The number of hydrogen-bond donors (Lipinski definition) is 3. The molecule has 1 amide bonds. The lowest BCUT2D eigenvalue weighted by Crippen LogP contribution is -2.45. The minimum absolute atomic E-state index is 0.0759. The van der Waals surface area contributed by atoms with Crippen molar-refractivity contribution in [2.75, 3.05) is 6.54 Å². The van der Waals surface area contributed by atoms with Crippen LogP contribution in [0.3, 0.4) is 0 Å². The van der Waals surface area contributed by atoms with E-state index in [1.165, 1.54) is 19.4 Å². The van der Waals surface area contributed by atoms with Gasteiger partial charge in [-0.1, -0.05) is 6.42 Å². The van der Waals surface area contributed by atoms with E-state index < -0.39 is 24.5 Å². The van der Waals surface area contributed by atoms with E-state index in [1.54, 1.807) is 0 Å². The number of H-pyrrole nitrogens is 1. The van der Waals surface area contributed by atoms with Crippen LogP contribution in [0, 0.1) is 0 Å². The molecular formula is C18H28N4O6. The number of hydrogen-bond acceptors (Lipinski definition) is 8. The Bertz CT molecular complexity index is 630. The van der Waals surface area contributed by atoms with Crippen LogP contribution in [0.25, 0.3) is 0 Å². The summed E-state index contributed by atoms with van der Waals surface area (Å²) in [5.41, 5.74) is 6.00. The van der Waals surface area contributed by atoms with Gasteiger partial charge in [0.1, 0.15) is 12.1 Å². The molecule has 2 atom stereocenters. The molecule has 1 aromatic heterocycles. The highest BCUT2D eigenvalue weighted by Gasteiger charge is 2.27. The van der Waals surface area contributed by atoms with Crippen molar-refractivity contribution in [2.24, 2.45) is 5.73 Å². The molecule has 1 fully saturated rings. The zero-order chi connectivity index (χ0) is 20.4. The molecule has 10 nitrogen and oxygen atoms in total. The Labute approximate surface area is 163 Å². The lowest BCUT2D eigenvalue weighted by molar-refractivity contribution is -0.172. The maximum atomic E-state index is 12.5. The van der Waals surface area contributed by atoms with Crippen LogP contribution in [0.15, 0.2) is 12.5 Å². The van der Waals surface area contributed by atoms with Gasteiger partial charge in [0.25, 0.3) is 0 Å². The number of amides is 1. The molecule has 0 aromatic carbocycles. The fourth-order valence-corrected chi connectivity index (χ4v) is 2.96. The van der Waals surface area contributed by atoms with Crippen LogP contribution in [-0.2, 0) is 30.2 Å². The van der Waals surface area contributed by atoms with Crippen LogP contribution < -0.4 is 11.1 Å². The summed E-state index contributed by atoms with van der Waals surface area (Å²) in [7, 11) is 0. The van der Waals surface area contributed by atoms with Gasteiger partial charge in [0, 0.05) is 38.2 Å². The lowest BCUT2D eigenvalue weighted by Gasteiger charge is -2.23.